The molecule has 0 N–H and O–H groups in total. The number of hydrogen-bond donors (Lipinski definition) is 0. The predicted molar refractivity (Wildman–Crippen MR) is 49.7 cm³/mol. The molecule has 0 saturated carbocycles. The molecule has 17 heavy (non-hydrogen) atoms. The van der Waals surface area contributed by atoms with Crippen molar-refractivity contribution in [1.82, 2.24) is 4.98 Å². The highest BCUT2D eigenvalue weighted by atomic mass is 19.4. The van der Waals surface area contributed by atoms with Crippen molar-refractivity contribution in [3.8, 4) is 6.07 Å². The van der Waals surface area contributed by atoms with Crippen LogP contribution in [0.4, 0.5) is 13.2 Å². The van der Waals surface area contributed by atoms with Crippen molar-refractivity contribution in [2.24, 2.45) is 0 Å². The average Bonchev–Trinajstić information content (AvgIpc) is 2.27. The number of alkyl halides is 3. The Morgan fingerprint density at radius 2 is 2.24 bits per heavy atom. The molecule has 0 amide bonds. The molecule has 0 atom stereocenters. The van der Waals surface area contributed by atoms with E-state index >= 15 is 0 Å². The number of nitrogens with zero attached hydrogens (tertiary/aromatic N) is 2. The van der Waals surface area contributed by atoms with E-state index in [0.717, 1.165) is 13.3 Å². The fourth-order valence-corrected chi connectivity index (χ4v) is 1.14. The Kier molecular flexibility index (Phi) is 3.68. The second kappa shape index (κ2) is 4.82. The maximum absolute atomic E-state index is 12.5. The number of ether oxygens (including phenoxy) is 1. The summed E-state index contributed by atoms with van der Waals surface area (Å²) in [7, 11) is 1.12. The molecule has 0 aliphatic heterocycles. The van der Waals surface area contributed by atoms with Gasteiger partial charge in [0.05, 0.1) is 30.4 Å². The van der Waals surface area contributed by atoms with E-state index in [1.54, 1.807) is 0 Å². The lowest BCUT2D eigenvalue weighted by molar-refractivity contribution is -0.140. The first kappa shape index (κ1) is 13.0. The Morgan fingerprint density at radius 3 is 2.71 bits per heavy atom. The zero-order valence-electron chi connectivity index (χ0n) is 8.71. The SMILES string of the molecule is COC(=O)Cc1cc(C(F)(F)F)c(C#N)cn1. The van der Waals surface area contributed by atoms with Gasteiger partial charge in [-0.05, 0) is 6.07 Å². The second-order valence-electron chi connectivity index (χ2n) is 3.08. The van der Waals surface area contributed by atoms with E-state index in [0.29, 0.717) is 6.07 Å². The number of carbonyl (C=O) groups is 1. The summed E-state index contributed by atoms with van der Waals surface area (Å²) in [5.41, 5.74) is -1.77. The molecule has 0 unspecified atom stereocenters. The smallest absolute Gasteiger partial charge is 0.417 e. The van der Waals surface area contributed by atoms with Crippen LogP contribution < -0.4 is 0 Å². The summed E-state index contributed by atoms with van der Waals surface area (Å²) in [6, 6.07) is 2.07. The van der Waals surface area contributed by atoms with Crippen LogP contribution in [0.2, 0.25) is 0 Å². The summed E-state index contributed by atoms with van der Waals surface area (Å²) < 4.78 is 41.9. The van der Waals surface area contributed by atoms with Crippen LogP contribution in [-0.2, 0) is 22.1 Å². The highest BCUT2D eigenvalue weighted by Crippen LogP contribution is 2.31. The van der Waals surface area contributed by atoms with Crippen molar-refractivity contribution in [2.45, 2.75) is 12.6 Å². The molecule has 1 aromatic rings. The van der Waals surface area contributed by atoms with Gasteiger partial charge in [0.25, 0.3) is 0 Å². The number of methoxy groups -OCH3 is 1. The van der Waals surface area contributed by atoms with Crippen molar-refractivity contribution >= 4 is 5.97 Å². The van der Waals surface area contributed by atoms with Gasteiger partial charge in [0, 0.05) is 6.20 Å². The predicted octanol–water partition coefficient (Wildman–Crippen LogP) is 1.69. The van der Waals surface area contributed by atoms with Gasteiger partial charge < -0.3 is 4.74 Å². The highest BCUT2D eigenvalue weighted by Gasteiger charge is 2.34. The first-order chi connectivity index (χ1) is 7.88. The Bertz CT molecular complexity index is 477. The molecule has 0 spiro atoms. The fourth-order valence-electron chi connectivity index (χ4n) is 1.14. The molecule has 0 aliphatic carbocycles. The van der Waals surface area contributed by atoms with Crippen molar-refractivity contribution in [3.63, 3.8) is 0 Å². The first-order valence-corrected chi connectivity index (χ1v) is 4.41. The van der Waals surface area contributed by atoms with Gasteiger partial charge in [-0.1, -0.05) is 0 Å². The number of esters is 1. The molecule has 1 rings (SSSR count). The van der Waals surface area contributed by atoms with E-state index in [-0.39, 0.29) is 12.1 Å². The first-order valence-electron chi connectivity index (χ1n) is 4.41. The third kappa shape index (κ3) is 3.17. The minimum atomic E-state index is -4.65. The summed E-state index contributed by atoms with van der Waals surface area (Å²) in [6.07, 6.45) is -4.23. The molecule has 1 aromatic heterocycles. The molecule has 0 aliphatic rings. The lowest BCUT2D eigenvalue weighted by Gasteiger charge is -2.09. The minimum Gasteiger partial charge on any atom is -0.469 e. The molecule has 0 aromatic carbocycles. The van der Waals surface area contributed by atoms with E-state index in [1.165, 1.54) is 6.07 Å². The lowest BCUT2D eigenvalue weighted by atomic mass is 10.1. The molecule has 4 nitrogen and oxygen atoms in total. The Hall–Kier alpha value is -2.10. The second-order valence-corrected chi connectivity index (χ2v) is 3.08. The Morgan fingerprint density at radius 1 is 1.59 bits per heavy atom. The quantitative estimate of drug-likeness (QED) is 0.742. The number of carbonyl (C=O) groups excluding carboxylic acids is 1. The maximum Gasteiger partial charge on any atom is 0.417 e. The molecule has 0 radical (unpaired) electrons. The standard InChI is InChI=1S/C10H7F3N2O2/c1-17-9(16)3-7-2-8(10(11,12)13)6(4-14)5-15-7/h2,5H,3H2,1H3. The number of aromatic nitrogens is 1. The van der Waals surface area contributed by atoms with E-state index in [9.17, 15) is 18.0 Å². The molecule has 90 valence electrons. The van der Waals surface area contributed by atoms with Gasteiger partial charge in [0.1, 0.15) is 6.07 Å². The van der Waals surface area contributed by atoms with Crippen LogP contribution in [0.1, 0.15) is 16.8 Å². The largest absolute Gasteiger partial charge is 0.469 e. The monoisotopic (exact) mass is 244 g/mol. The Labute approximate surface area is 94.6 Å². The van der Waals surface area contributed by atoms with Gasteiger partial charge in [0.2, 0.25) is 0 Å². The van der Waals surface area contributed by atoms with Crippen LogP contribution in [0.15, 0.2) is 12.3 Å². The molecular formula is C10H7F3N2O2. The fraction of sp³-hybridized carbons (Fsp3) is 0.300. The summed E-state index contributed by atoms with van der Waals surface area (Å²) in [6.45, 7) is 0. The Balaban J connectivity index is 3.15. The maximum atomic E-state index is 12.5. The summed E-state index contributed by atoms with van der Waals surface area (Å²) in [4.78, 5) is 14.5. The number of pyridine rings is 1. The summed E-state index contributed by atoms with van der Waals surface area (Å²) in [5.74, 6) is -0.699. The van der Waals surface area contributed by atoms with Gasteiger partial charge in [-0.2, -0.15) is 18.4 Å². The summed E-state index contributed by atoms with van der Waals surface area (Å²) >= 11 is 0. The molecule has 7 heteroatoms. The zero-order valence-corrected chi connectivity index (χ0v) is 8.71. The van der Waals surface area contributed by atoms with E-state index in [2.05, 4.69) is 9.72 Å². The van der Waals surface area contributed by atoms with Crippen molar-refractivity contribution in [1.29, 1.82) is 5.26 Å². The number of rotatable bonds is 2. The molecule has 0 bridgehead atoms. The van der Waals surface area contributed by atoms with Gasteiger partial charge in [-0.3, -0.25) is 9.78 Å². The number of hydrogen-bond acceptors (Lipinski definition) is 4. The zero-order chi connectivity index (χ0) is 13.1. The van der Waals surface area contributed by atoms with Crippen LogP contribution >= 0.6 is 0 Å². The van der Waals surface area contributed by atoms with Gasteiger partial charge >= 0.3 is 12.1 Å². The van der Waals surface area contributed by atoms with Crippen LogP contribution in [-0.4, -0.2) is 18.1 Å². The molecule has 1 heterocycles. The molecule has 0 saturated heterocycles. The van der Waals surface area contributed by atoms with Crippen LogP contribution in [0.25, 0.3) is 0 Å². The minimum absolute atomic E-state index is 0.0943. The van der Waals surface area contributed by atoms with Crippen LogP contribution in [0.5, 0.6) is 0 Å². The van der Waals surface area contributed by atoms with Crippen molar-refractivity contribution in [3.05, 3.63) is 29.1 Å². The third-order valence-corrected chi connectivity index (χ3v) is 1.94. The average molecular weight is 244 g/mol. The summed E-state index contributed by atoms with van der Waals surface area (Å²) in [5, 5.41) is 8.52. The molecule has 0 fully saturated rings. The topological polar surface area (TPSA) is 63.0 Å². The number of halogens is 3. The lowest BCUT2D eigenvalue weighted by Crippen LogP contribution is -2.12. The van der Waals surface area contributed by atoms with Crippen molar-refractivity contribution in [2.75, 3.05) is 7.11 Å². The van der Waals surface area contributed by atoms with E-state index in [4.69, 9.17) is 5.26 Å². The number of nitriles is 1. The van der Waals surface area contributed by atoms with E-state index < -0.39 is 23.3 Å². The molecular weight excluding hydrogens is 237 g/mol. The highest BCUT2D eigenvalue weighted by molar-refractivity contribution is 5.71. The van der Waals surface area contributed by atoms with Gasteiger partial charge in [-0.15, -0.1) is 0 Å². The van der Waals surface area contributed by atoms with Gasteiger partial charge in [-0.25, -0.2) is 0 Å². The van der Waals surface area contributed by atoms with Gasteiger partial charge in [0.15, 0.2) is 0 Å². The third-order valence-electron chi connectivity index (χ3n) is 1.94. The van der Waals surface area contributed by atoms with Crippen LogP contribution in [0, 0.1) is 11.3 Å². The van der Waals surface area contributed by atoms with Crippen molar-refractivity contribution < 1.29 is 22.7 Å². The van der Waals surface area contributed by atoms with E-state index in [1.807, 2.05) is 0 Å². The van der Waals surface area contributed by atoms with Crippen LogP contribution in [0.3, 0.4) is 0 Å². The normalized spacial score (nSPS) is 10.8.